The Hall–Kier alpha value is -1.89. The second-order valence-electron chi connectivity index (χ2n) is 4.62. The monoisotopic (exact) mass is 298 g/mol. The molecule has 2 aromatic rings. The number of rotatable bonds is 4. The van der Waals surface area contributed by atoms with Crippen molar-refractivity contribution < 1.29 is 13.2 Å². The van der Waals surface area contributed by atoms with Gasteiger partial charge in [-0.1, -0.05) is 19.9 Å². The number of nitrogens with two attached hydrogens (primary N) is 1. The van der Waals surface area contributed by atoms with Crippen molar-refractivity contribution >= 4 is 0 Å². The van der Waals surface area contributed by atoms with E-state index >= 15 is 0 Å². The minimum atomic E-state index is -4.47. The number of hydrogen-bond acceptors (Lipinski definition) is 3. The highest BCUT2D eigenvalue weighted by atomic mass is 19.4. The molecule has 1 aromatic carbocycles. The van der Waals surface area contributed by atoms with Crippen molar-refractivity contribution in [3.8, 4) is 5.69 Å². The maximum Gasteiger partial charge on any atom is 0.418 e. The zero-order chi connectivity index (χ0) is 15.6. The van der Waals surface area contributed by atoms with Gasteiger partial charge in [0, 0.05) is 19.4 Å². The minimum Gasteiger partial charge on any atom is -0.326 e. The molecule has 114 valence electrons. The van der Waals surface area contributed by atoms with Crippen LogP contribution in [0.1, 0.15) is 36.6 Å². The summed E-state index contributed by atoms with van der Waals surface area (Å²) in [5.74, 6) is 1.04. The Bertz CT molecular complexity index is 632. The summed E-state index contributed by atoms with van der Waals surface area (Å²) in [7, 11) is 0. The summed E-state index contributed by atoms with van der Waals surface area (Å²) in [4.78, 5) is 4.25. The molecule has 4 nitrogen and oxygen atoms in total. The predicted octanol–water partition coefficient (Wildman–Crippen LogP) is 2.87. The Morgan fingerprint density at radius 1 is 1.19 bits per heavy atom. The molecule has 1 heterocycles. The van der Waals surface area contributed by atoms with Gasteiger partial charge < -0.3 is 5.73 Å². The van der Waals surface area contributed by atoms with Crippen molar-refractivity contribution in [2.45, 2.75) is 39.4 Å². The molecule has 0 radical (unpaired) electrons. The Morgan fingerprint density at radius 3 is 2.43 bits per heavy atom. The number of benzene rings is 1. The molecule has 0 fully saturated rings. The fraction of sp³-hybridized carbons (Fsp3) is 0.429. The van der Waals surface area contributed by atoms with E-state index in [1.54, 1.807) is 6.07 Å². The number of halogens is 3. The van der Waals surface area contributed by atoms with E-state index in [0.29, 0.717) is 30.1 Å². The summed E-state index contributed by atoms with van der Waals surface area (Å²) < 4.78 is 41.1. The Morgan fingerprint density at radius 2 is 1.90 bits per heavy atom. The van der Waals surface area contributed by atoms with Crippen molar-refractivity contribution in [3.63, 3.8) is 0 Å². The normalized spacial score (nSPS) is 11.9. The van der Waals surface area contributed by atoms with E-state index < -0.39 is 11.7 Å². The summed E-state index contributed by atoms with van der Waals surface area (Å²) in [6.45, 7) is 3.75. The van der Waals surface area contributed by atoms with Crippen LogP contribution in [-0.4, -0.2) is 14.8 Å². The van der Waals surface area contributed by atoms with Gasteiger partial charge in [0.1, 0.15) is 5.82 Å². The first-order valence-corrected chi connectivity index (χ1v) is 6.76. The summed E-state index contributed by atoms with van der Waals surface area (Å²) in [5.41, 5.74) is 5.11. The summed E-state index contributed by atoms with van der Waals surface area (Å²) in [5, 5.41) is 4.17. The summed E-state index contributed by atoms with van der Waals surface area (Å²) >= 11 is 0. The van der Waals surface area contributed by atoms with Crippen LogP contribution in [0.15, 0.2) is 18.2 Å². The van der Waals surface area contributed by atoms with Gasteiger partial charge in [-0.3, -0.25) is 0 Å². The summed E-state index contributed by atoms with van der Waals surface area (Å²) in [6.07, 6.45) is -3.39. The lowest BCUT2D eigenvalue weighted by Crippen LogP contribution is -2.14. The third-order valence-corrected chi connectivity index (χ3v) is 3.18. The lowest BCUT2D eigenvalue weighted by Gasteiger charge is -2.15. The molecule has 21 heavy (non-hydrogen) atoms. The van der Waals surface area contributed by atoms with E-state index in [1.165, 1.54) is 10.7 Å². The van der Waals surface area contributed by atoms with Gasteiger partial charge in [0.2, 0.25) is 0 Å². The van der Waals surface area contributed by atoms with E-state index in [4.69, 9.17) is 5.73 Å². The van der Waals surface area contributed by atoms with Gasteiger partial charge >= 0.3 is 6.18 Å². The van der Waals surface area contributed by atoms with Gasteiger partial charge in [0.15, 0.2) is 5.82 Å². The molecular formula is C14H17F3N4. The van der Waals surface area contributed by atoms with Crippen LogP contribution in [-0.2, 0) is 25.6 Å². The molecule has 0 spiro atoms. The average Bonchev–Trinajstić information content (AvgIpc) is 2.89. The van der Waals surface area contributed by atoms with Gasteiger partial charge in [-0.05, 0) is 17.7 Å². The van der Waals surface area contributed by atoms with Crippen molar-refractivity contribution in [1.82, 2.24) is 14.8 Å². The van der Waals surface area contributed by atoms with Crippen LogP contribution in [0.4, 0.5) is 13.2 Å². The maximum atomic E-state index is 13.3. The molecule has 7 heteroatoms. The summed E-state index contributed by atoms with van der Waals surface area (Å²) in [6, 6.07) is 4.05. The van der Waals surface area contributed by atoms with Crippen molar-refractivity contribution in [2.75, 3.05) is 0 Å². The van der Waals surface area contributed by atoms with Crippen LogP contribution in [0.5, 0.6) is 0 Å². The van der Waals surface area contributed by atoms with Gasteiger partial charge in [0.05, 0.1) is 11.3 Å². The van der Waals surface area contributed by atoms with E-state index in [2.05, 4.69) is 10.1 Å². The second kappa shape index (κ2) is 5.85. The van der Waals surface area contributed by atoms with Gasteiger partial charge in [-0.2, -0.15) is 18.3 Å². The highest BCUT2D eigenvalue weighted by molar-refractivity contribution is 5.45. The SMILES string of the molecule is CCc1nc(CC)n(-c2ccc(CN)cc2C(F)(F)F)n1. The standard InChI is InChI=1S/C14H17F3N4/c1-3-12-19-13(4-2)21(20-12)11-6-5-9(8-18)7-10(11)14(15,16)17/h5-7H,3-4,8,18H2,1-2H3. The van der Waals surface area contributed by atoms with E-state index in [-0.39, 0.29) is 12.2 Å². The first-order chi connectivity index (χ1) is 9.90. The molecular weight excluding hydrogens is 281 g/mol. The van der Waals surface area contributed by atoms with E-state index in [9.17, 15) is 13.2 Å². The third-order valence-electron chi connectivity index (χ3n) is 3.18. The number of nitrogens with zero attached hydrogens (tertiary/aromatic N) is 3. The second-order valence-corrected chi connectivity index (χ2v) is 4.62. The molecule has 0 bridgehead atoms. The molecule has 2 N–H and O–H groups in total. The number of aryl methyl sites for hydroxylation is 2. The Labute approximate surface area is 120 Å². The molecule has 0 aliphatic heterocycles. The Kier molecular flexibility index (Phi) is 4.32. The van der Waals surface area contributed by atoms with Gasteiger partial charge in [-0.15, -0.1) is 0 Å². The van der Waals surface area contributed by atoms with Crippen molar-refractivity contribution in [2.24, 2.45) is 5.73 Å². The maximum absolute atomic E-state index is 13.3. The molecule has 0 unspecified atom stereocenters. The fourth-order valence-corrected chi connectivity index (χ4v) is 2.09. The molecule has 0 saturated carbocycles. The lowest BCUT2D eigenvalue weighted by molar-refractivity contribution is -0.137. The average molecular weight is 298 g/mol. The molecule has 0 amide bonds. The van der Waals surface area contributed by atoms with Crippen LogP contribution in [0.3, 0.4) is 0 Å². The zero-order valence-electron chi connectivity index (χ0n) is 11.9. The predicted molar refractivity (Wildman–Crippen MR) is 73.0 cm³/mol. The van der Waals surface area contributed by atoms with Crippen LogP contribution >= 0.6 is 0 Å². The topological polar surface area (TPSA) is 56.7 Å². The van der Waals surface area contributed by atoms with Crippen LogP contribution < -0.4 is 5.73 Å². The van der Waals surface area contributed by atoms with Crippen molar-refractivity contribution in [1.29, 1.82) is 0 Å². The van der Waals surface area contributed by atoms with Crippen molar-refractivity contribution in [3.05, 3.63) is 41.0 Å². The number of alkyl halides is 3. The quantitative estimate of drug-likeness (QED) is 0.944. The molecule has 0 aliphatic rings. The van der Waals surface area contributed by atoms with Crippen LogP contribution in [0, 0.1) is 0 Å². The smallest absolute Gasteiger partial charge is 0.326 e. The molecule has 0 aliphatic carbocycles. The first-order valence-electron chi connectivity index (χ1n) is 6.76. The number of hydrogen-bond donors (Lipinski definition) is 1. The molecule has 2 rings (SSSR count). The molecule has 1 aromatic heterocycles. The van der Waals surface area contributed by atoms with Crippen LogP contribution in [0.25, 0.3) is 5.69 Å². The van der Waals surface area contributed by atoms with Gasteiger partial charge in [-0.25, -0.2) is 9.67 Å². The lowest BCUT2D eigenvalue weighted by atomic mass is 10.1. The highest BCUT2D eigenvalue weighted by Crippen LogP contribution is 2.34. The first kappa shape index (κ1) is 15.5. The zero-order valence-corrected chi connectivity index (χ0v) is 11.9. The highest BCUT2D eigenvalue weighted by Gasteiger charge is 2.35. The Balaban J connectivity index is 2.65. The van der Waals surface area contributed by atoms with E-state index in [0.717, 1.165) is 6.07 Å². The minimum absolute atomic E-state index is 0.0104. The molecule has 0 saturated heterocycles. The number of aromatic nitrogens is 3. The molecule has 0 atom stereocenters. The largest absolute Gasteiger partial charge is 0.418 e. The fourth-order valence-electron chi connectivity index (χ4n) is 2.09. The van der Waals surface area contributed by atoms with E-state index in [1.807, 2.05) is 13.8 Å². The van der Waals surface area contributed by atoms with Crippen LogP contribution in [0.2, 0.25) is 0 Å². The third kappa shape index (κ3) is 3.07. The van der Waals surface area contributed by atoms with Gasteiger partial charge in [0.25, 0.3) is 0 Å².